The molecule has 0 radical (unpaired) electrons. The average Bonchev–Trinajstić information content (AvgIpc) is 2.07. The minimum Gasteiger partial charge on any atom is -0.351 e. The zero-order valence-electron chi connectivity index (χ0n) is 7.29. The molecule has 14 heavy (non-hydrogen) atoms. The highest BCUT2D eigenvalue weighted by Gasteiger charge is 2.08. The zero-order chi connectivity index (χ0) is 10.6. The molecule has 1 aromatic carbocycles. The monoisotopic (exact) mass is 196 g/mol. The number of rotatable bonds is 2. The van der Waals surface area contributed by atoms with Gasteiger partial charge in [-0.25, -0.2) is 9.18 Å². The third-order valence-corrected chi connectivity index (χ3v) is 1.57. The highest BCUT2D eigenvalue weighted by atomic mass is 19.1. The van der Waals surface area contributed by atoms with Crippen molar-refractivity contribution in [1.82, 2.24) is 5.32 Å². The number of urea groups is 1. The van der Waals surface area contributed by atoms with E-state index in [0.29, 0.717) is 0 Å². The lowest BCUT2D eigenvalue weighted by Crippen LogP contribution is -2.36. The maximum absolute atomic E-state index is 13.0. The van der Waals surface area contributed by atoms with Crippen LogP contribution < -0.4 is 11.1 Å². The molecule has 5 heteroatoms. The molecule has 0 saturated carbocycles. The van der Waals surface area contributed by atoms with Crippen molar-refractivity contribution in [1.29, 1.82) is 0 Å². The molecule has 1 aromatic rings. The summed E-state index contributed by atoms with van der Waals surface area (Å²) in [6.45, 7) is 0. The van der Waals surface area contributed by atoms with Crippen LogP contribution in [-0.2, 0) is 11.2 Å². The summed E-state index contributed by atoms with van der Waals surface area (Å²) in [7, 11) is 0. The van der Waals surface area contributed by atoms with Crippen LogP contribution in [0.3, 0.4) is 0 Å². The first-order valence-corrected chi connectivity index (χ1v) is 3.92. The molecule has 0 unspecified atom stereocenters. The summed E-state index contributed by atoms with van der Waals surface area (Å²) in [6.07, 6.45) is -0.199. The zero-order valence-corrected chi connectivity index (χ0v) is 7.29. The Kier molecular flexibility index (Phi) is 3.17. The second kappa shape index (κ2) is 4.36. The van der Waals surface area contributed by atoms with E-state index >= 15 is 0 Å². The van der Waals surface area contributed by atoms with E-state index in [-0.39, 0.29) is 12.0 Å². The van der Waals surface area contributed by atoms with Gasteiger partial charge < -0.3 is 5.73 Å². The summed E-state index contributed by atoms with van der Waals surface area (Å²) >= 11 is 0. The van der Waals surface area contributed by atoms with Crippen molar-refractivity contribution in [2.75, 3.05) is 0 Å². The summed E-state index contributed by atoms with van der Waals surface area (Å²) in [5, 5.41) is 1.85. The largest absolute Gasteiger partial charge is 0.351 e. The Morgan fingerprint density at radius 2 is 2.00 bits per heavy atom. The Bertz CT molecular complexity index is 366. The van der Waals surface area contributed by atoms with Crippen molar-refractivity contribution in [3.63, 3.8) is 0 Å². The van der Waals surface area contributed by atoms with Gasteiger partial charge in [-0.05, 0) is 11.6 Å². The molecule has 0 spiro atoms. The van der Waals surface area contributed by atoms with Crippen LogP contribution in [0.1, 0.15) is 5.56 Å². The van der Waals surface area contributed by atoms with E-state index in [0.717, 1.165) is 0 Å². The van der Waals surface area contributed by atoms with Gasteiger partial charge in [0.2, 0.25) is 5.91 Å². The summed E-state index contributed by atoms with van der Waals surface area (Å²) in [6, 6.07) is 4.90. The number of carbonyl (C=O) groups is 2. The first kappa shape index (κ1) is 10.2. The molecule has 4 nitrogen and oxygen atoms in total. The van der Waals surface area contributed by atoms with Crippen molar-refractivity contribution < 1.29 is 14.0 Å². The molecule has 1 rings (SSSR count). The number of nitrogens with one attached hydrogen (secondary N) is 1. The third-order valence-electron chi connectivity index (χ3n) is 1.57. The molecular formula is C9H9FN2O2. The molecule has 0 fully saturated rings. The molecule has 3 N–H and O–H groups in total. The van der Waals surface area contributed by atoms with E-state index in [4.69, 9.17) is 5.73 Å². The maximum atomic E-state index is 13.0. The van der Waals surface area contributed by atoms with Crippen LogP contribution in [-0.4, -0.2) is 11.9 Å². The van der Waals surface area contributed by atoms with Gasteiger partial charge in [0.1, 0.15) is 5.82 Å². The second-order valence-electron chi connectivity index (χ2n) is 2.68. The Morgan fingerprint density at radius 1 is 1.36 bits per heavy atom. The van der Waals surface area contributed by atoms with Gasteiger partial charge in [0.15, 0.2) is 0 Å². The highest BCUT2D eigenvalue weighted by molar-refractivity contribution is 5.94. The first-order valence-electron chi connectivity index (χ1n) is 3.92. The number of hydrogen-bond acceptors (Lipinski definition) is 2. The Morgan fingerprint density at radius 3 is 2.57 bits per heavy atom. The molecule has 0 aliphatic heterocycles. The van der Waals surface area contributed by atoms with E-state index in [1.165, 1.54) is 18.2 Å². The highest BCUT2D eigenvalue weighted by Crippen LogP contribution is 2.06. The molecule has 3 amide bonds. The summed E-state index contributed by atoms with van der Waals surface area (Å²) in [5.74, 6) is -1.10. The molecule has 0 atom stereocenters. The first-order chi connectivity index (χ1) is 6.59. The normalized spacial score (nSPS) is 9.50. The SMILES string of the molecule is NC(=O)NC(=O)Cc1ccccc1F. The van der Waals surface area contributed by atoms with Crippen LogP contribution in [0, 0.1) is 5.82 Å². The number of benzene rings is 1. The smallest absolute Gasteiger partial charge is 0.318 e. The fraction of sp³-hybridized carbons (Fsp3) is 0.111. The van der Waals surface area contributed by atoms with Gasteiger partial charge in [-0.1, -0.05) is 18.2 Å². The lowest BCUT2D eigenvalue weighted by atomic mass is 10.1. The number of hydrogen-bond donors (Lipinski definition) is 2. The van der Waals surface area contributed by atoms with E-state index in [1.54, 1.807) is 6.07 Å². The van der Waals surface area contributed by atoms with Crippen LogP contribution in [0.4, 0.5) is 9.18 Å². The molecule has 0 saturated heterocycles. The van der Waals surface area contributed by atoms with Crippen molar-refractivity contribution >= 4 is 11.9 Å². The lowest BCUT2D eigenvalue weighted by molar-refractivity contribution is -0.119. The van der Waals surface area contributed by atoms with Crippen LogP contribution in [0.2, 0.25) is 0 Å². The molecule has 0 heterocycles. The van der Waals surface area contributed by atoms with Gasteiger partial charge in [-0.15, -0.1) is 0 Å². The Hall–Kier alpha value is -1.91. The van der Waals surface area contributed by atoms with Gasteiger partial charge in [0, 0.05) is 0 Å². The van der Waals surface area contributed by atoms with Gasteiger partial charge in [-0.2, -0.15) is 0 Å². The number of imide groups is 1. The van der Waals surface area contributed by atoms with Crippen LogP contribution in [0.25, 0.3) is 0 Å². The summed E-state index contributed by atoms with van der Waals surface area (Å²) in [4.78, 5) is 21.3. The maximum Gasteiger partial charge on any atom is 0.318 e. The van der Waals surface area contributed by atoms with E-state index in [1.807, 2.05) is 5.32 Å². The fourth-order valence-corrected chi connectivity index (χ4v) is 0.996. The van der Waals surface area contributed by atoms with Crippen LogP contribution >= 0.6 is 0 Å². The fourth-order valence-electron chi connectivity index (χ4n) is 0.996. The lowest BCUT2D eigenvalue weighted by Gasteiger charge is -2.01. The van der Waals surface area contributed by atoms with Crippen LogP contribution in [0.15, 0.2) is 24.3 Å². The molecule has 74 valence electrons. The summed E-state index contributed by atoms with van der Waals surface area (Å²) < 4.78 is 13.0. The minimum atomic E-state index is -0.939. The van der Waals surface area contributed by atoms with Crippen molar-refractivity contribution in [2.45, 2.75) is 6.42 Å². The second-order valence-corrected chi connectivity index (χ2v) is 2.68. The number of nitrogens with two attached hydrogens (primary N) is 1. The molecule has 0 aliphatic carbocycles. The molecular weight excluding hydrogens is 187 g/mol. The van der Waals surface area contributed by atoms with Gasteiger partial charge in [0.25, 0.3) is 0 Å². The van der Waals surface area contributed by atoms with Crippen molar-refractivity contribution in [2.24, 2.45) is 5.73 Å². The van der Waals surface area contributed by atoms with Gasteiger partial charge in [0.05, 0.1) is 6.42 Å². The molecule has 0 aromatic heterocycles. The van der Waals surface area contributed by atoms with Gasteiger partial charge in [-0.3, -0.25) is 10.1 Å². The van der Waals surface area contributed by atoms with E-state index in [2.05, 4.69) is 0 Å². The molecule has 0 aliphatic rings. The van der Waals surface area contributed by atoms with Crippen molar-refractivity contribution in [3.05, 3.63) is 35.6 Å². The van der Waals surface area contributed by atoms with Gasteiger partial charge >= 0.3 is 6.03 Å². The average molecular weight is 196 g/mol. The Balaban J connectivity index is 2.65. The number of carbonyl (C=O) groups excluding carboxylic acids is 2. The predicted molar refractivity (Wildman–Crippen MR) is 47.8 cm³/mol. The topological polar surface area (TPSA) is 72.2 Å². The van der Waals surface area contributed by atoms with E-state index in [9.17, 15) is 14.0 Å². The minimum absolute atomic E-state index is 0.199. The van der Waals surface area contributed by atoms with E-state index < -0.39 is 17.8 Å². The number of amides is 3. The predicted octanol–water partition coefficient (Wildman–Crippen LogP) is 0.563. The standard InChI is InChI=1S/C9H9FN2O2/c10-7-4-2-1-3-6(7)5-8(13)12-9(11)14/h1-4H,5H2,(H3,11,12,13,14). The summed E-state index contributed by atoms with van der Waals surface area (Å²) in [5.41, 5.74) is 4.95. The van der Waals surface area contributed by atoms with Crippen LogP contribution in [0.5, 0.6) is 0 Å². The molecule has 0 bridgehead atoms. The van der Waals surface area contributed by atoms with Crippen molar-refractivity contribution in [3.8, 4) is 0 Å². The quantitative estimate of drug-likeness (QED) is 0.725. The number of halogens is 1. The number of primary amides is 1. The Labute approximate surface area is 79.9 Å². The third kappa shape index (κ3) is 2.85.